The van der Waals surface area contributed by atoms with Gasteiger partial charge in [0, 0.05) is 18.3 Å². The lowest BCUT2D eigenvalue weighted by atomic mass is 10.4. The third kappa shape index (κ3) is 4.78. The molecule has 0 aromatic carbocycles. The first-order valence-electron chi connectivity index (χ1n) is 5.56. The molecule has 17 heavy (non-hydrogen) atoms. The molecule has 0 radical (unpaired) electrons. The maximum Gasteiger partial charge on any atom is 0.231 e. The van der Waals surface area contributed by atoms with Gasteiger partial charge in [-0.3, -0.25) is 9.69 Å². The minimum Gasteiger partial charge on any atom is -0.370 e. The van der Waals surface area contributed by atoms with Crippen molar-refractivity contribution in [1.29, 1.82) is 0 Å². The Morgan fingerprint density at radius 2 is 2.24 bits per heavy atom. The molecule has 0 spiro atoms. The van der Waals surface area contributed by atoms with E-state index >= 15 is 0 Å². The summed E-state index contributed by atoms with van der Waals surface area (Å²) >= 11 is 0. The van der Waals surface area contributed by atoms with Gasteiger partial charge in [0.2, 0.25) is 5.91 Å². The Bertz CT molecular complexity index is 393. The number of nitrogens with zero attached hydrogens (tertiary/aromatic N) is 3. The lowest BCUT2D eigenvalue weighted by molar-refractivity contribution is -0.118. The van der Waals surface area contributed by atoms with E-state index in [1.165, 1.54) is 0 Å². The highest BCUT2D eigenvalue weighted by atomic mass is 16.1. The number of aromatic nitrogens is 2. The minimum atomic E-state index is -0.355. The first kappa shape index (κ1) is 13.4. The lowest BCUT2D eigenvalue weighted by Gasteiger charge is -2.14. The van der Waals surface area contributed by atoms with Crippen molar-refractivity contribution < 1.29 is 4.79 Å². The summed E-state index contributed by atoms with van der Waals surface area (Å²) in [6.45, 7) is 5.44. The molecule has 1 rings (SSSR count). The van der Waals surface area contributed by atoms with E-state index in [-0.39, 0.29) is 12.5 Å². The number of amides is 1. The Morgan fingerprint density at radius 3 is 2.82 bits per heavy atom. The maximum absolute atomic E-state index is 10.8. The van der Waals surface area contributed by atoms with Crippen molar-refractivity contribution in [2.75, 3.05) is 25.5 Å². The van der Waals surface area contributed by atoms with Crippen molar-refractivity contribution in [1.82, 2.24) is 14.9 Å². The van der Waals surface area contributed by atoms with Crippen LogP contribution >= 0.6 is 0 Å². The van der Waals surface area contributed by atoms with Crippen molar-refractivity contribution in [3.05, 3.63) is 17.6 Å². The fourth-order valence-corrected chi connectivity index (χ4v) is 1.54. The summed E-state index contributed by atoms with van der Waals surface area (Å²) in [5, 5.41) is 3.14. The third-order valence-corrected chi connectivity index (χ3v) is 2.10. The lowest BCUT2D eigenvalue weighted by Crippen LogP contribution is -2.30. The quantitative estimate of drug-likeness (QED) is 0.735. The van der Waals surface area contributed by atoms with E-state index in [0.29, 0.717) is 12.4 Å². The largest absolute Gasteiger partial charge is 0.370 e. The molecule has 0 fully saturated rings. The summed E-state index contributed by atoms with van der Waals surface area (Å²) in [5.74, 6) is 1.14. The highest BCUT2D eigenvalue weighted by Gasteiger charge is 2.07. The normalized spacial score (nSPS) is 10.6. The van der Waals surface area contributed by atoms with Gasteiger partial charge in [0.1, 0.15) is 11.6 Å². The van der Waals surface area contributed by atoms with Crippen molar-refractivity contribution >= 4 is 11.7 Å². The Kier molecular flexibility index (Phi) is 4.84. The molecular weight excluding hydrogens is 218 g/mol. The van der Waals surface area contributed by atoms with Crippen LogP contribution in [0.3, 0.4) is 0 Å². The molecule has 3 N–H and O–H groups in total. The summed E-state index contributed by atoms with van der Waals surface area (Å²) < 4.78 is 0. The number of anilines is 1. The summed E-state index contributed by atoms with van der Waals surface area (Å²) in [6, 6.07) is 1.89. The predicted octanol–water partition coefficient (Wildman–Crippen LogP) is 0.134. The van der Waals surface area contributed by atoms with Crippen LogP contribution in [0.15, 0.2) is 6.07 Å². The van der Waals surface area contributed by atoms with Gasteiger partial charge < -0.3 is 11.1 Å². The first-order valence-corrected chi connectivity index (χ1v) is 5.56. The maximum atomic E-state index is 10.8. The number of carbonyl (C=O) groups is 1. The Balaban J connectivity index is 2.72. The third-order valence-electron chi connectivity index (χ3n) is 2.10. The number of likely N-dealkylation sites (N-methyl/N-ethyl adjacent to an activating group) is 1. The average Bonchev–Trinajstić information content (AvgIpc) is 2.14. The van der Waals surface area contributed by atoms with Gasteiger partial charge in [-0.05, 0) is 20.9 Å². The van der Waals surface area contributed by atoms with Gasteiger partial charge in [-0.25, -0.2) is 9.97 Å². The van der Waals surface area contributed by atoms with Gasteiger partial charge >= 0.3 is 0 Å². The fraction of sp³-hybridized carbons (Fsp3) is 0.545. The Hall–Kier alpha value is -1.69. The molecule has 0 saturated carbocycles. The van der Waals surface area contributed by atoms with Crippen molar-refractivity contribution in [3.63, 3.8) is 0 Å². The molecule has 0 aliphatic carbocycles. The van der Waals surface area contributed by atoms with Gasteiger partial charge in [0.25, 0.3) is 0 Å². The van der Waals surface area contributed by atoms with E-state index < -0.39 is 0 Å². The molecule has 1 amide bonds. The van der Waals surface area contributed by atoms with Crippen molar-refractivity contribution in [3.8, 4) is 0 Å². The van der Waals surface area contributed by atoms with E-state index in [2.05, 4.69) is 15.3 Å². The van der Waals surface area contributed by atoms with Gasteiger partial charge in [-0.2, -0.15) is 0 Å². The summed E-state index contributed by atoms with van der Waals surface area (Å²) in [6.07, 6.45) is 0. The van der Waals surface area contributed by atoms with Gasteiger partial charge in [-0.15, -0.1) is 0 Å². The van der Waals surface area contributed by atoms with E-state index in [1.807, 2.05) is 27.0 Å². The molecular formula is C11H19N5O. The molecule has 1 aromatic heterocycles. The zero-order valence-corrected chi connectivity index (χ0v) is 10.5. The predicted molar refractivity (Wildman–Crippen MR) is 66.5 cm³/mol. The van der Waals surface area contributed by atoms with E-state index in [4.69, 9.17) is 5.73 Å². The second kappa shape index (κ2) is 6.15. The number of rotatable bonds is 6. The van der Waals surface area contributed by atoms with Gasteiger partial charge in [-0.1, -0.05) is 0 Å². The van der Waals surface area contributed by atoms with Crippen LogP contribution in [0.4, 0.5) is 5.82 Å². The highest BCUT2D eigenvalue weighted by molar-refractivity contribution is 5.75. The van der Waals surface area contributed by atoms with E-state index in [0.717, 1.165) is 18.1 Å². The standard InChI is InChI=1S/C11H19N5O/c1-4-13-10-5-8(2)14-11(15-10)7-16(3)6-9(12)17/h5H,4,6-7H2,1-3H3,(H2,12,17)(H,13,14,15). The minimum absolute atomic E-state index is 0.202. The molecule has 0 bridgehead atoms. The first-order chi connectivity index (χ1) is 8.01. The number of carbonyl (C=O) groups excluding carboxylic acids is 1. The number of aryl methyl sites for hydroxylation is 1. The average molecular weight is 237 g/mol. The molecule has 0 aliphatic heterocycles. The number of hydrogen-bond donors (Lipinski definition) is 2. The Morgan fingerprint density at radius 1 is 1.53 bits per heavy atom. The Labute approximate surface area is 101 Å². The monoisotopic (exact) mass is 237 g/mol. The number of nitrogens with one attached hydrogen (secondary N) is 1. The van der Waals surface area contributed by atoms with Crippen LogP contribution in [0.1, 0.15) is 18.4 Å². The molecule has 94 valence electrons. The molecule has 1 aromatic rings. The smallest absolute Gasteiger partial charge is 0.231 e. The topological polar surface area (TPSA) is 84.1 Å². The van der Waals surface area contributed by atoms with Crippen LogP contribution in [0.25, 0.3) is 0 Å². The molecule has 6 nitrogen and oxygen atoms in total. The van der Waals surface area contributed by atoms with E-state index in [1.54, 1.807) is 4.90 Å². The van der Waals surface area contributed by atoms with Crippen LogP contribution in [0.2, 0.25) is 0 Å². The van der Waals surface area contributed by atoms with Crippen LogP contribution in [-0.4, -0.2) is 40.9 Å². The van der Waals surface area contributed by atoms with Crippen molar-refractivity contribution in [2.24, 2.45) is 5.73 Å². The highest BCUT2D eigenvalue weighted by Crippen LogP contribution is 2.07. The number of nitrogens with two attached hydrogens (primary N) is 1. The summed E-state index contributed by atoms with van der Waals surface area (Å²) in [4.78, 5) is 21.2. The zero-order valence-electron chi connectivity index (χ0n) is 10.5. The summed E-state index contributed by atoms with van der Waals surface area (Å²) in [7, 11) is 1.81. The van der Waals surface area contributed by atoms with Crippen LogP contribution in [0.5, 0.6) is 0 Å². The molecule has 0 unspecified atom stereocenters. The van der Waals surface area contributed by atoms with Crippen molar-refractivity contribution in [2.45, 2.75) is 20.4 Å². The summed E-state index contributed by atoms with van der Waals surface area (Å²) in [5.41, 5.74) is 6.02. The second-order valence-electron chi connectivity index (χ2n) is 3.98. The number of hydrogen-bond acceptors (Lipinski definition) is 5. The van der Waals surface area contributed by atoms with E-state index in [9.17, 15) is 4.79 Å². The van der Waals surface area contributed by atoms with Crippen LogP contribution < -0.4 is 11.1 Å². The van der Waals surface area contributed by atoms with Gasteiger partial charge in [0.15, 0.2) is 0 Å². The molecule has 1 heterocycles. The van der Waals surface area contributed by atoms with Crippen LogP contribution in [0, 0.1) is 6.92 Å². The zero-order chi connectivity index (χ0) is 12.8. The SMILES string of the molecule is CCNc1cc(C)nc(CN(C)CC(N)=O)n1. The fourth-order valence-electron chi connectivity index (χ4n) is 1.54. The van der Waals surface area contributed by atoms with Crippen LogP contribution in [-0.2, 0) is 11.3 Å². The van der Waals surface area contributed by atoms with Gasteiger partial charge in [0.05, 0.1) is 13.1 Å². The second-order valence-corrected chi connectivity index (χ2v) is 3.98. The molecule has 0 saturated heterocycles. The number of primary amides is 1. The molecule has 0 aliphatic rings. The molecule has 6 heteroatoms. The molecule has 0 atom stereocenters.